The van der Waals surface area contributed by atoms with E-state index in [0.717, 1.165) is 48.2 Å². The largest absolute Gasteiger partial charge is 0.368 e. The van der Waals surface area contributed by atoms with Crippen LogP contribution in [-0.4, -0.2) is 37.9 Å². The van der Waals surface area contributed by atoms with Crippen molar-refractivity contribution in [3.8, 4) is 22.3 Å². The zero-order valence-electron chi connectivity index (χ0n) is 20.0. The smallest absolute Gasteiger partial charge is 0.251 e. The molecule has 1 amide bonds. The second kappa shape index (κ2) is 10.8. The third-order valence-corrected chi connectivity index (χ3v) is 7.75. The van der Waals surface area contributed by atoms with Crippen LogP contribution in [0.3, 0.4) is 0 Å². The molecule has 0 aromatic heterocycles. The molecule has 5 rings (SSSR count). The zero-order valence-corrected chi connectivity index (χ0v) is 22.3. The number of nitrogens with two attached hydrogens (primary N) is 1. The van der Waals surface area contributed by atoms with Gasteiger partial charge in [0.25, 0.3) is 5.91 Å². The Labute approximate surface area is 227 Å². The van der Waals surface area contributed by atoms with E-state index in [1.165, 1.54) is 0 Å². The van der Waals surface area contributed by atoms with Gasteiger partial charge in [-0.1, -0.05) is 72.9 Å². The molecule has 1 aliphatic heterocycles. The van der Waals surface area contributed by atoms with Crippen molar-refractivity contribution in [1.82, 2.24) is 5.32 Å². The predicted molar refractivity (Wildman–Crippen MR) is 150 cm³/mol. The molecule has 3 aromatic rings. The summed E-state index contributed by atoms with van der Waals surface area (Å²) in [6.07, 6.45) is 2.44. The first-order valence-corrected chi connectivity index (χ1v) is 12.8. The van der Waals surface area contributed by atoms with Crippen LogP contribution in [0.4, 0.5) is 5.69 Å². The first-order valence-electron chi connectivity index (χ1n) is 12.0. The Morgan fingerprint density at radius 2 is 1.64 bits per heavy atom. The Kier molecular flexibility index (Phi) is 7.96. The van der Waals surface area contributed by atoms with Crippen molar-refractivity contribution in [2.45, 2.75) is 26.2 Å². The Morgan fingerprint density at radius 1 is 0.972 bits per heavy atom. The maximum atomic E-state index is 13.9. The lowest BCUT2D eigenvalue weighted by molar-refractivity contribution is 0.0999. The SMILES string of the molecule is CCCCc1c(C(N)=O)c(N2CCNCC2)c2c(c1-c1cccc(Cl)c1Cl)-c1ccccc1C2=O.Cl. The lowest BCUT2D eigenvalue weighted by Crippen LogP contribution is -2.45. The first-order chi connectivity index (χ1) is 17.0. The second-order valence-corrected chi connectivity index (χ2v) is 9.79. The summed E-state index contributed by atoms with van der Waals surface area (Å²) in [6, 6.07) is 13.1. The van der Waals surface area contributed by atoms with Gasteiger partial charge in [-0.3, -0.25) is 9.59 Å². The third kappa shape index (κ3) is 4.28. The number of anilines is 1. The molecule has 36 heavy (non-hydrogen) atoms. The number of ketones is 1. The van der Waals surface area contributed by atoms with E-state index in [9.17, 15) is 9.59 Å². The van der Waals surface area contributed by atoms with Crippen molar-refractivity contribution < 1.29 is 9.59 Å². The van der Waals surface area contributed by atoms with Crippen molar-refractivity contribution in [1.29, 1.82) is 0 Å². The van der Waals surface area contributed by atoms with E-state index in [0.29, 0.717) is 57.5 Å². The van der Waals surface area contributed by atoms with E-state index in [2.05, 4.69) is 17.1 Å². The van der Waals surface area contributed by atoms with Gasteiger partial charge in [0, 0.05) is 42.9 Å². The highest BCUT2D eigenvalue weighted by atomic mass is 35.5. The summed E-state index contributed by atoms with van der Waals surface area (Å²) in [4.78, 5) is 29.2. The van der Waals surface area contributed by atoms with E-state index in [1.54, 1.807) is 6.07 Å². The highest BCUT2D eigenvalue weighted by Gasteiger charge is 2.39. The Hall–Kier alpha value is -2.57. The number of rotatable bonds is 6. The van der Waals surface area contributed by atoms with Crippen LogP contribution in [-0.2, 0) is 6.42 Å². The molecule has 0 atom stereocenters. The fourth-order valence-electron chi connectivity index (χ4n) is 5.38. The standard InChI is InChI=1S/C28H27Cl2N3O2.ClH/c1-2-3-7-18-21(19-10-6-11-20(29)25(19)30)22-16-8-4-5-9-17(16)27(34)24(22)26(23(18)28(31)35)33-14-12-32-13-15-33;/h4-6,8-11,32H,2-3,7,12-15H2,1H3,(H2,31,35);1H. The molecule has 0 spiro atoms. The molecular formula is C28H28Cl3N3O2. The van der Waals surface area contributed by atoms with E-state index in [-0.39, 0.29) is 18.2 Å². The van der Waals surface area contributed by atoms with Crippen LogP contribution in [0.15, 0.2) is 42.5 Å². The number of hydrogen-bond acceptors (Lipinski definition) is 4. The lowest BCUT2D eigenvalue weighted by Gasteiger charge is -2.34. The van der Waals surface area contributed by atoms with Crippen LogP contribution < -0.4 is 16.0 Å². The summed E-state index contributed by atoms with van der Waals surface area (Å²) in [7, 11) is 0. The number of halogens is 3. The summed E-state index contributed by atoms with van der Waals surface area (Å²) in [5.41, 5.74) is 12.3. The normalized spacial score (nSPS) is 14.3. The average molecular weight is 545 g/mol. The number of nitrogens with one attached hydrogen (secondary N) is 1. The zero-order chi connectivity index (χ0) is 24.7. The molecule has 0 unspecified atom stereocenters. The average Bonchev–Trinajstić information content (AvgIpc) is 3.16. The van der Waals surface area contributed by atoms with Gasteiger partial charge in [0.15, 0.2) is 5.78 Å². The number of carbonyl (C=O) groups is 2. The molecule has 1 fully saturated rings. The number of hydrogen-bond donors (Lipinski definition) is 2. The molecule has 188 valence electrons. The van der Waals surface area contributed by atoms with Crippen LogP contribution in [0.1, 0.15) is 51.6 Å². The molecule has 1 aliphatic carbocycles. The lowest BCUT2D eigenvalue weighted by atomic mass is 9.82. The minimum atomic E-state index is -0.532. The molecular weight excluding hydrogens is 517 g/mol. The van der Waals surface area contributed by atoms with Crippen LogP contribution in [0.25, 0.3) is 22.3 Å². The van der Waals surface area contributed by atoms with E-state index >= 15 is 0 Å². The van der Waals surface area contributed by atoms with Crippen molar-refractivity contribution in [2.24, 2.45) is 5.73 Å². The van der Waals surface area contributed by atoms with Gasteiger partial charge in [-0.15, -0.1) is 12.4 Å². The number of amides is 1. The first kappa shape index (κ1) is 26.5. The summed E-state index contributed by atoms with van der Waals surface area (Å²) in [6.45, 7) is 5.00. The number of unbranched alkanes of at least 4 members (excludes halogenated alkanes) is 1. The summed E-state index contributed by atoms with van der Waals surface area (Å²) >= 11 is 13.2. The highest BCUT2D eigenvalue weighted by Crippen LogP contribution is 2.52. The Balaban J connectivity index is 0.00000304. The molecule has 2 aliphatic rings. The van der Waals surface area contributed by atoms with Crippen molar-refractivity contribution in [3.63, 3.8) is 0 Å². The van der Waals surface area contributed by atoms with Gasteiger partial charge in [0.1, 0.15) is 0 Å². The van der Waals surface area contributed by atoms with Gasteiger partial charge in [-0.2, -0.15) is 0 Å². The quantitative estimate of drug-likeness (QED) is 0.305. The Morgan fingerprint density at radius 3 is 2.31 bits per heavy atom. The maximum absolute atomic E-state index is 13.9. The van der Waals surface area contributed by atoms with Gasteiger partial charge >= 0.3 is 0 Å². The highest BCUT2D eigenvalue weighted by molar-refractivity contribution is 6.44. The van der Waals surface area contributed by atoms with Crippen molar-refractivity contribution in [2.75, 3.05) is 31.1 Å². The molecule has 1 heterocycles. The van der Waals surface area contributed by atoms with Crippen molar-refractivity contribution in [3.05, 3.63) is 74.8 Å². The number of benzene rings is 3. The second-order valence-electron chi connectivity index (χ2n) is 9.01. The van der Waals surface area contributed by atoms with Gasteiger partial charge < -0.3 is 16.0 Å². The molecule has 0 saturated carbocycles. The predicted octanol–water partition coefficient (Wildman–Crippen LogP) is 6.14. The van der Waals surface area contributed by atoms with Gasteiger partial charge in [-0.25, -0.2) is 0 Å². The summed E-state index contributed by atoms with van der Waals surface area (Å²) < 4.78 is 0. The van der Waals surface area contributed by atoms with Gasteiger partial charge in [-0.05, 0) is 35.6 Å². The monoisotopic (exact) mass is 543 g/mol. The maximum Gasteiger partial charge on any atom is 0.251 e. The van der Waals surface area contributed by atoms with Crippen LogP contribution in [0.5, 0.6) is 0 Å². The van der Waals surface area contributed by atoms with Gasteiger partial charge in [0.2, 0.25) is 0 Å². The number of nitrogens with zero attached hydrogens (tertiary/aromatic N) is 1. The topological polar surface area (TPSA) is 75.4 Å². The fourth-order valence-corrected chi connectivity index (χ4v) is 5.77. The minimum Gasteiger partial charge on any atom is -0.368 e. The van der Waals surface area contributed by atoms with E-state index in [1.807, 2.05) is 36.4 Å². The molecule has 5 nitrogen and oxygen atoms in total. The molecule has 0 bridgehead atoms. The number of piperazine rings is 1. The molecule has 1 saturated heterocycles. The van der Waals surface area contributed by atoms with E-state index < -0.39 is 5.91 Å². The van der Waals surface area contributed by atoms with Crippen LogP contribution >= 0.6 is 35.6 Å². The minimum absolute atomic E-state index is 0. The van der Waals surface area contributed by atoms with Crippen LogP contribution in [0, 0.1) is 0 Å². The van der Waals surface area contributed by atoms with Crippen LogP contribution in [0.2, 0.25) is 10.0 Å². The molecule has 0 radical (unpaired) electrons. The molecule has 3 aromatic carbocycles. The summed E-state index contributed by atoms with van der Waals surface area (Å²) in [5.74, 6) is -0.622. The van der Waals surface area contributed by atoms with E-state index in [4.69, 9.17) is 28.9 Å². The number of fused-ring (bicyclic) bond motifs is 3. The van der Waals surface area contributed by atoms with Gasteiger partial charge in [0.05, 0.1) is 26.9 Å². The number of carbonyl (C=O) groups excluding carboxylic acids is 2. The third-order valence-electron chi connectivity index (χ3n) is 6.93. The Bertz CT molecular complexity index is 1350. The fraction of sp³-hybridized carbons (Fsp3) is 0.286. The number of primary amides is 1. The molecule has 3 N–H and O–H groups in total. The summed E-state index contributed by atoms with van der Waals surface area (Å²) in [5, 5.41) is 4.17. The molecule has 8 heteroatoms. The van der Waals surface area contributed by atoms with Crippen molar-refractivity contribution >= 4 is 53.0 Å².